The Morgan fingerprint density at radius 2 is 2.18 bits per heavy atom. The summed E-state index contributed by atoms with van der Waals surface area (Å²) in [5, 5.41) is 5.08. The van der Waals surface area contributed by atoms with Gasteiger partial charge >= 0.3 is 0 Å². The van der Waals surface area contributed by atoms with Crippen LogP contribution in [0.25, 0.3) is 11.0 Å². The maximum absolute atomic E-state index is 13.1. The van der Waals surface area contributed by atoms with E-state index in [0.717, 1.165) is 16.9 Å². The molecule has 1 aromatic carbocycles. The van der Waals surface area contributed by atoms with Crippen LogP contribution >= 0.6 is 0 Å². The highest BCUT2D eigenvalue weighted by Gasteiger charge is 2.11. The zero-order chi connectivity index (χ0) is 15.5. The molecule has 0 N–H and O–H groups in total. The molecule has 0 saturated carbocycles. The van der Waals surface area contributed by atoms with Gasteiger partial charge in [0.2, 0.25) is 0 Å². The van der Waals surface area contributed by atoms with Gasteiger partial charge in [0, 0.05) is 20.2 Å². The van der Waals surface area contributed by atoms with E-state index in [0.29, 0.717) is 18.9 Å². The third-order valence-electron chi connectivity index (χ3n) is 3.36. The molecule has 3 rings (SSSR count). The van der Waals surface area contributed by atoms with Gasteiger partial charge in [-0.25, -0.2) is 14.4 Å². The number of fused-ring (bicyclic) bond motifs is 1. The summed E-state index contributed by atoms with van der Waals surface area (Å²) in [5.41, 5.74) is 0.780. The molecule has 0 atom stereocenters. The van der Waals surface area contributed by atoms with Crippen molar-refractivity contribution in [2.75, 3.05) is 25.1 Å². The lowest BCUT2D eigenvalue weighted by atomic mass is 10.3. The molecule has 7 heteroatoms. The average molecular weight is 301 g/mol. The van der Waals surface area contributed by atoms with Gasteiger partial charge in [-0.3, -0.25) is 4.68 Å². The predicted molar refractivity (Wildman–Crippen MR) is 81.5 cm³/mol. The normalized spacial score (nSPS) is 10.9. The highest BCUT2D eigenvalue weighted by atomic mass is 19.1. The zero-order valence-corrected chi connectivity index (χ0v) is 12.4. The Morgan fingerprint density at radius 1 is 1.32 bits per heavy atom. The molecule has 0 spiro atoms. The highest BCUT2D eigenvalue weighted by Crippen LogP contribution is 2.20. The SMILES string of the molecule is CN(CCOc1cccc(F)c1)c1ncnc2c1cnn2C. The minimum absolute atomic E-state index is 0.307. The Labute approximate surface area is 127 Å². The van der Waals surface area contributed by atoms with Crippen LogP contribution in [0.1, 0.15) is 0 Å². The summed E-state index contributed by atoms with van der Waals surface area (Å²) in [5.74, 6) is 1.00. The van der Waals surface area contributed by atoms with Crippen molar-refractivity contribution >= 4 is 16.9 Å². The standard InChI is InChI=1S/C15H16FN5O/c1-20(6-7-22-12-5-3-4-11(16)8-12)14-13-9-19-21(2)15(13)18-10-17-14/h3-5,8-10H,6-7H2,1-2H3. The molecular weight excluding hydrogens is 285 g/mol. The van der Waals surface area contributed by atoms with Crippen molar-refractivity contribution < 1.29 is 9.13 Å². The summed E-state index contributed by atoms with van der Waals surface area (Å²) < 4.78 is 20.3. The van der Waals surface area contributed by atoms with E-state index in [2.05, 4.69) is 15.1 Å². The number of halogens is 1. The maximum Gasteiger partial charge on any atom is 0.163 e. The fourth-order valence-electron chi connectivity index (χ4n) is 2.22. The number of anilines is 1. The lowest BCUT2D eigenvalue weighted by molar-refractivity contribution is 0.324. The Kier molecular flexibility index (Phi) is 3.86. The van der Waals surface area contributed by atoms with E-state index in [1.54, 1.807) is 23.0 Å². The minimum atomic E-state index is -0.307. The number of nitrogens with zero attached hydrogens (tertiary/aromatic N) is 5. The number of hydrogen-bond donors (Lipinski definition) is 0. The van der Waals surface area contributed by atoms with Crippen LogP contribution in [-0.2, 0) is 7.05 Å². The fourth-order valence-corrected chi connectivity index (χ4v) is 2.22. The molecule has 0 aliphatic heterocycles. The van der Waals surface area contributed by atoms with Crippen molar-refractivity contribution in [3.05, 3.63) is 42.6 Å². The molecule has 6 nitrogen and oxygen atoms in total. The predicted octanol–water partition coefficient (Wildman–Crippen LogP) is 2.02. The van der Waals surface area contributed by atoms with Crippen LogP contribution in [0, 0.1) is 5.82 Å². The van der Waals surface area contributed by atoms with Crippen molar-refractivity contribution in [2.45, 2.75) is 0 Å². The summed E-state index contributed by atoms with van der Waals surface area (Å²) in [4.78, 5) is 10.5. The Morgan fingerprint density at radius 3 is 3.00 bits per heavy atom. The zero-order valence-electron chi connectivity index (χ0n) is 12.4. The molecule has 22 heavy (non-hydrogen) atoms. The second-order valence-corrected chi connectivity index (χ2v) is 4.93. The molecule has 0 fully saturated rings. The number of aryl methyl sites for hydroxylation is 1. The smallest absolute Gasteiger partial charge is 0.163 e. The number of rotatable bonds is 5. The third kappa shape index (κ3) is 2.83. The third-order valence-corrected chi connectivity index (χ3v) is 3.36. The molecular formula is C15H16FN5O. The molecule has 3 aromatic rings. The van der Waals surface area contributed by atoms with Gasteiger partial charge in [0.05, 0.1) is 18.1 Å². The Bertz CT molecular complexity index is 788. The van der Waals surface area contributed by atoms with Crippen molar-refractivity contribution in [1.82, 2.24) is 19.7 Å². The second-order valence-electron chi connectivity index (χ2n) is 4.93. The van der Waals surface area contributed by atoms with Crippen LogP contribution in [0.3, 0.4) is 0 Å². The van der Waals surface area contributed by atoms with E-state index >= 15 is 0 Å². The fraction of sp³-hybridized carbons (Fsp3) is 0.267. The molecule has 0 radical (unpaired) electrons. The van der Waals surface area contributed by atoms with Crippen LogP contribution in [0.2, 0.25) is 0 Å². The lowest BCUT2D eigenvalue weighted by Crippen LogP contribution is -2.24. The van der Waals surface area contributed by atoms with Crippen LogP contribution in [-0.4, -0.2) is 39.9 Å². The number of aromatic nitrogens is 4. The van der Waals surface area contributed by atoms with Crippen molar-refractivity contribution in [2.24, 2.45) is 7.05 Å². The first-order valence-electron chi connectivity index (χ1n) is 6.87. The Hall–Kier alpha value is -2.70. The summed E-state index contributed by atoms with van der Waals surface area (Å²) in [6, 6.07) is 6.11. The largest absolute Gasteiger partial charge is 0.492 e. The van der Waals surface area contributed by atoms with E-state index in [9.17, 15) is 4.39 Å². The quantitative estimate of drug-likeness (QED) is 0.721. The highest BCUT2D eigenvalue weighted by molar-refractivity contribution is 5.86. The van der Waals surface area contributed by atoms with Gasteiger partial charge in [0.15, 0.2) is 5.65 Å². The number of likely N-dealkylation sites (N-methyl/N-ethyl adjacent to an activating group) is 1. The van der Waals surface area contributed by atoms with Gasteiger partial charge < -0.3 is 9.64 Å². The molecule has 0 amide bonds. The molecule has 2 heterocycles. The molecule has 0 aliphatic rings. The molecule has 0 aliphatic carbocycles. The van der Waals surface area contributed by atoms with Gasteiger partial charge in [0.25, 0.3) is 0 Å². The van der Waals surface area contributed by atoms with E-state index in [4.69, 9.17) is 4.74 Å². The summed E-state index contributed by atoms with van der Waals surface area (Å²) >= 11 is 0. The van der Waals surface area contributed by atoms with E-state index in [1.807, 2.05) is 19.0 Å². The van der Waals surface area contributed by atoms with Crippen LogP contribution in [0.4, 0.5) is 10.2 Å². The summed E-state index contributed by atoms with van der Waals surface area (Å²) in [6.07, 6.45) is 3.26. The molecule has 0 saturated heterocycles. The first kappa shape index (κ1) is 14.2. The van der Waals surface area contributed by atoms with E-state index < -0.39 is 0 Å². The van der Waals surface area contributed by atoms with Crippen LogP contribution in [0.15, 0.2) is 36.8 Å². The summed E-state index contributed by atoms with van der Waals surface area (Å²) in [6.45, 7) is 1.03. The molecule has 114 valence electrons. The number of benzene rings is 1. The number of hydrogen-bond acceptors (Lipinski definition) is 5. The monoisotopic (exact) mass is 301 g/mol. The average Bonchev–Trinajstić information content (AvgIpc) is 2.89. The van der Waals surface area contributed by atoms with Crippen molar-refractivity contribution in [3.8, 4) is 5.75 Å². The van der Waals surface area contributed by atoms with Gasteiger partial charge in [0.1, 0.15) is 30.3 Å². The molecule has 0 unspecified atom stereocenters. The summed E-state index contributed by atoms with van der Waals surface area (Å²) in [7, 11) is 3.76. The number of ether oxygens (including phenoxy) is 1. The van der Waals surface area contributed by atoms with Gasteiger partial charge in [-0.05, 0) is 12.1 Å². The molecule has 2 aromatic heterocycles. The Balaban J connectivity index is 1.67. The topological polar surface area (TPSA) is 56.1 Å². The van der Waals surface area contributed by atoms with Crippen LogP contribution in [0.5, 0.6) is 5.75 Å². The second kappa shape index (κ2) is 5.97. The van der Waals surface area contributed by atoms with E-state index in [1.165, 1.54) is 18.5 Å². The maximum atomic E-state index is 13.1. The van der Waals surface area contributed by atoms with Crippen molar-refractivity contribution in [3.63, 3.8) is 0 Å². The van der Waals surface area contributed by atoms with E-state index in [-0.39, 0.29) is 5.82 Å². The van der Waals surface area contributed by atoms with Crippen LogP contribution < -0.4 is 9.64 Å². The van der Waals surface area contributed by atoms with Gasteiger partial charge in [-0.1, -0.05) is 6.07 Å². The van der Waals surface area contributed by atoms with Gasteiger partial charge in [-0.2, -0.15) is 5.10 Å². The lowest BCUT2D eigenvalue weighted by Gasteiger charge is -2.18. The van der Waals surface area contributed by atoms with Crippen molar-refractivity contribution in [1.29, 1.82) is 0 Å². The first-order valence-corrected chi connectivity index (χ1v) is 6.87. The minimum Gasteiger partial charge on any atom is -0.492 e. The first-order chi connectivity index (χ1) is 10.6. The van der Waals surface area contributed by atoms with Gasteiger partial charge in [-0.15, -0.1) is 0 Å². The molecule has 0 bridgehead atoms.